The molecule has 1 saturated heterocycles. The second-order valence-electron chi connectivity index (χ2n) is 7.85. The molecule has 7 nitrogen and oxygen atoms in total. The number of aliphatic hydroxyl groups excluding tert-OH is 1. The summed E-state index contributed by atoms with van der Waals surface area (Å²) in [7, 11) is 2.98. The lowest BCUT2D eigenvalue weighted by atomic mass is 9.94. The number of Topliss-reactive ketones (excluding diaryl/α,β-unsaturated/α-hetero) is 1. The molecule has 0 spiro atoms. The van der Waals surface area contributed by atoms with Crippen LogP contribution >= 0.6 is 11.6 Å². The van der Waals surface area contributed by atoms with E-state index in [1.807, 2.05) is 6.92 Å². The fourth-order valence-electron chi connectivity index (χ4n) is 4.10. The Bertz CT molecular complexity index is 1270. The van der Waals surface area contributed by atoms with Crippen LogP contribution < -0.4 is 9.47 Å². The average molecular weight is 479 g/mol. The Morgan fingerprint density at radius 2 is 1.82 bits per heavy atom. The molecule has 174 valence electrons. The zero-order valence-corrected chi connectivity index (χ0v) is 19.7. The van der Waals surface area contributed by atoms with E-state index in [2.05, 4.69) is 4.98 Å². The number of halogens is 1. The normalized spacial score (nSPS) is 17.2. The summed E-state index contributed by atoms with van der Waals surface area (Å²) in [6, 6.07) is 14.8. The molecular formula is C26H23ClN2O5. The number of hydrogen-bond acceptors (Lipinski definition) is 6. The molecule has 1 fully saturated rings. The number of carbonyl (C=O) groups excluding carboxylic acids is 2. The molecule has 1 N–H and O–H groups in total. The maximum Gasteiger partial charge on any atom is 0.296 e. The first-order valence-corrected chi connectivity index (χ1v) is 10.9. The Morgan fingerprint density at radius 1 is 1.09 bits per heavy atom. The third-order valence-electron chi connectivity index (χ3n) is 5.68. The van der Waals surface area contributed by atoms with Gasteiger partial charge in [-0.3, -0.25) is 14.6 Å². The molecule has 0 saturated carbocycles. The van der Waals surface area contributed by atoms with E-state index in [0.717, 1.165) is 5.56 Å². The number of pyridine rings is 1. The molecule has 1 aromatic heterocycles. The first-order chi connectivity index (χ1) is 16.3. The Labute approximate surface area is 202 Å². The molecule has 2 heterocycles. The number of methoxy groups -OCH3 is 2. The van der Waals surface area contributed by atoms with Crippen LogP contribution in [0, 0.1) is 6.92 Å². The number of nitrogens with zero attached hydrogens (tertiary/aromatic N) is 2. The maximum absolute atomic E-state index is 13.3. The number of benzene rings is 2. The molecule has 1 amide bonds. The Balaban J connectivity index is 1.92. The maximum atomic E-state index is 13.3. The molecule has 0 aliphatic carbocycles. The Hall–Kier alpha value is -3.84. The molecule has 2 aromatic carbocycles. The summed E-state index contributed by atoms with van der Waals surface area (Å²) >= 11 is 6.33. The molecule has 34 heavy (non-hydrogen) atoms. The number of aromatic nitrogens is 1. The van der Waals surface area contributed by atoms with E-state index in [4.69, 9.17) is 21.1 Å². The molecule has 1 aliphatic heterocycles. The van der Waals surface area contributed by atoms with Crippen LogP contribution in [-0.4, -0.2) is 40.9 Å². The second kappa shape index (κ2) is 9.57. The second-order valence-corrected chi connectivity index (χ2v) is 8.26. The zero-order chi connectivity index (χ0) is 24.4. The van der Waals surface area contributed by atoms with Crippen LogP contribution in [0.4, 0.5) is 0 Å². The van der Waals surface area contributed by atoms with E-state index >= 15 is 0 Å². The van der Waals surface area contributed by atoms with Gasteiger partial charge in [-0.25, -0.2) is 0 Å². The average Bonchev–Trinajstić information content (AvgIpc) is 3.08. The smallest absolute Gasteiger partial charge is 0.296 e. The summed E-state index contributed by atoms with van der Waals surface area (Å²) in [4.78, 5) is 32.1. The lowest BCUT2D eigenvalue weighted by Gasteiger charge is -2.25. The van der Waals surface area contributed by atoms with Gasteiger partial charge in [0.05, 0.1) is 48.7 Å². The van der Waals surface area contributed by atoms with E-state index in [-0.39, 0.29) is 34.2 Å². The lowest BCUT2D eigenvalue weighted by Crippen LogP contribution is -2.29. The van der Waals surface area contributed by atoms with Crippen LogP contribution in [0.3, 0.4) is 0 Å². The van der Waals surface area contributed by atoms with Crippen LogP contribution in [0.5, 0.6) is 11.5 Å². The Morgan fingerprint density at radius 3 is 2.44 bits per heavy atom. The number of likely N-dealkylation sites (tertiary alicyclic amines) is 1. The first-order valence-electron chi connectivity index (χ1n) is 10.5. The molecule has 0 bridgehead atoms. The molecule has 1 unspecified atom stereocenters. The van der Waals surface area contributed by atoms with Gasteiger partial charge in [-0.2, -0.15) is 0 Å². The fourth-order valence-corrected chi connectivity index (χ4v) is 4.45. The SMILES string of the molecule is COc1ccc(C2/C(=C(\O)c3cc(C)cc(Cl)c3OC)C(=O)C(=O)N2Cc2ccccn2)cc1. The largest absolute Gasteiger partial charge is 0.507 e. The summed E-state index contributed by atoms with van der Waals surface area (Å²) < 4.78 is 10.7. The van der Waals surface area contributed by atoms with Crippen molar-refractivity contribution in [3.63, 3.8) is 0 Å². The zero-order valence-electron chi connectivity index (χ0n) is 18.9. The monoisotopic (exact) mass is 478 g/mol. The van der Waals surface area contributed by atoms with Gasteiger partial charge in [0.25, 0.3) is 11.7 Å². The van der Waals surface area contributed by atoms with Crippen molar-refractivity contribution in [1.29, 1.82) is 0 Å². The highest BCUT2D eigenvalue weighted by molar-refractivity contribution is 6.46. The first kappa shape index (κ1) is 23.3. The van der Waals surface area contributed by atoms with Gasteiger partial charge >= 0.3 is 0 Å². The van der Waals surface area contributed by atoms with E-state index in [1.165, 1.54) is 12.0 Å². The summed E-state index contributed by atoms with van der Waals surface area (Å²) in [6.07, 6.45) is 1.62. The van der Waals surface area contributed by atoms with Crippen molar-refractivity contribution in [2.45, 2.75) is 19.5 Å². The van der Waals surface area contributed by atoms with Gasteiger partial charge in [-0.05, 0) is 54.4 Å². The molecule has 3 aromatic rings. The lowest BCUT2D eigenvalue weighted by molar-refractivity contribution is -0.140. The van der Waals surface area contributed by atoms with Crippen LogP contribution in [0.25, 0.3) is 5.76 Å². The van der Waals surface area contributed by atoms with Crippen molar-refractivity contribution < 1.29 is 24.2 Å². The van der Waals surface area contributed by atoms with Crippen molar-refractivity contribution >= 4 is 29.1 Å². The van der Waals surface area contributed by atoms with Crippen LogP contribution in [0.15, 0.2) is 66.4 Å². The van der Waals surface area contributed by atoms with Crippen molar-refractivity contribution in [2.75, 3.05) is 14.2 Å². The number of hydrogen-bond donors (Lipinski definition) is 1. The van der Waals surface area contributed by atoms with Gasteiger partial charge in [0.2, 0.25) is 0 Å². The van der Waals surface area contributed by atoms with E-state index in [0.29, 0.717) is 17.0 Å². The minimum absolute atomic E-state index is 0.0499. The van der Waals surface area contributed by atoms with Crippen LogP contribution in [-0.2, 0) is 16.1 Å². The van der Waals surface area contributed by atoms with Gasteiger partial charge in [-0.1, -0.05) is 29.8 Å². The molecule has 4 rings (SSSR count). The van der Waals surface area contributed by atoms with Crippen molar-refractivity contribution in [3.8, 4) is 11.5 Å². The quantitative estimate of drug-likeness (QED) is 0.314. The van der Waals surface area contributed by atoms with E-state index in [1.54, 1.807) is 67.9 Å². The number of amides is 1. The minimum atomic E-state index is -0.850. The van der Waals surface area contributed by atoms with Gasteiger partial charge in [-0.15, -0.1) is 0 Å². The predicted octanol–water partition coefficient (Wildman–Crippen LogP) is 4.68. The highest BCUT2D eigenvalue weighted by Gasteiger charge is 2.46. The standard InChI is InChI=1S/C26H23ClN2O5/c1-15-12-19(25(34-3)20(27)13-15)23(30)21-22(16-7-9-18(33-2)10-8-16)29(26(32)24(21)31)14-17-6-4-5-11-28-17/h4-13,22,30H,14H2,1-3H3/b23-21+. The highest BCUT2D eigenvalue weighted by atomic mass is 35.5. The number of rotatable bonds is 6. The summed E-state index contributed by atoms with van der Waals surface area (Å²) in [6.45, 7) is 1.90. The van der Waals surface area contributed by atoms with Gasteiger partial charge in [0.1, 0.15) is 17.3 Å². The topological polar surface area (TPSA) is 89.0 Å². The summed E-state index contributed by atoms with van der Waals surface area (Å²) in [5.74, 6) is -1.04. The van der Waals surface area contributed by atoms with Crippen molar-refractivity contribution in [1.82, 2.24) is 9.88 Å². The Kier molecular flexibility index (Phi) is 6.56. The highest BCUT2D eigenvalue weighted by Crippen LogP contribution is 2.43. The molecule has 1 atom stereocenters. The minimum Gasteiger partial charge on any atom is -0.507 e. The van der Waals surface area contributed by atoms with E-state index < -0.39 is 17.7 Å². The van der Waals surface area contributed by atoms with Gasteiger partial charge < -0.3 is 19.5 Å². The number of carbonyl (C=O) groups is 2. The van der Waals surface area contributed by atoms with Crippen LogP contribution in [0.2, 0.25) is 5.02 Å². The fraction of sp³-hybridized carbons (Fsp3) is 0.192. The summed E-state index contributed by atoms with van der Waals surface area (Å²) in [5.41, 5.74) is 2.19. The molecular weight excluding hydrogens is 456 g/mol. The third kappa shape index (κ3) is 4.22. The van der Waals surface area contributed by atoms with Gasteiger partial charge in [0.15, 0.2) is 0 Å². The van der Waals surface area contributed by atoms with Crippen molar-refractivity contribution in [2.24, 2.45) is 0 Å². The predicted molar refractivity (Wildman–Crippen MR) is 128 cm³/mol. The molecule has 0 radical (unpaired) electrons. The number of ether oxygens (including phenoxy) is 2. The molecule has 8 heteroatoms. The third-order valence-corrected chi connectivity index (χ3v) is 5.96. The summed E-state index contributed by atoms with van der Waals surface area (Å²) in [5, 5.41) is 11.7. The molecule has 1 aliphatic rings. The van der Waals surface area contributed by atoms with E-state index in [9.17, 15) is 14.7 Å². The van der Waals surface area contributed by atoms with Gasteiger partial charge in [0, 0.05) is 6.20 Å². The van der Waals surface area contributed by atoms with Crippen LogP contribution in [0.1, 0.15) is 28.4 Å². The number of ketones is 1. The number of aryl methyl sites for hydroxylation is 1. The number of aliphatic hydroxyl groups is 1. The van der Waals surface area contributed by atoms with Crippen molar-refractivity contribution in [3.05, 3.63) is 93.8 Å².